The van der Waals surface area contributed by atoms with E-state index in [2.05, 4.69) is 17.9 Å². The molecule has 1 saturated heterocycles. The van der Waals surface area contributed by atoms with E-state index in [-0.39, 0.29) is 36.2 Å². The molecule has 0 spiro atoms. The summed E-state index contributed by atoms with van der Waals surface area (Å²) >= 11 is 0. The molecule has 2 aliphatic rings. The lowest BCUT2D eigenvalue weighted by molar-refractivity contribution is -0.148. The summed E-state index contributed by atoms with van der Waals surface area (Å²) in [6.45, 7) is -0.164. The van der Waals surface area contributed by atoms with Gasteiger partial charge in [0, 0.05) is 23.0 Å². The molecule has 0 aromatic heterocycles. The Kier molecular flexibility index (Phi) is 4.86. The standard InChI is InChI=1S/C23H19FN2O2/c24-19-3-1-2-16(12-19)5-4-15-6-8-17(9-7-15)22-20(13-25)26(21(22)14-27)23(28)18-10-11-18/h1-3,6-9,12,18,20-22,27H,10-11,14H2/t20-,21-,22+/m0/s1. The van der Waals surface area contributed by atoms with E-state index >= 15 is 0 Å². The van der Waals surface area contributed by atoms with Crippen LogP contribution in [-0.4, -0.2) is 34.6 Å². The number of benzene rings is 2. The molecular formula is C23H19FN2O2. The van der Waals surface area contributed by atoms with Crippen LogP contribution in [0.2, 0.25) is 0 Å². The van der Waals surface area contributed by atoms with Gasteiger partial charge < -0.3 is 10.0 Å². The number of aliphatic hydroxyl groups excluding tert-OH is 1. The number of nitrogens with zero attached hydrogens (tertiary/aromatic N) is 2. The number of carbonyl (C=O) groups is 1. The van der Waals surface area contributed by atoms with E-state index < -0.39 is 6.04 Å². The molecule has 3 atom stereocenters. The first-order chi connectivity index (χ1) is 13.6. The topological polar surface area (TPSA) is 64.3 Å². The molecule has 1 aliphatic heterocycles. The van der Waals surface area contributed by atoms with Crippen LogP contribution in [0.3, 0.4) is 0 Å². The third-order valence-electron chi connectivity index (χ3n) is 5.38. The van der Waals surface area contributed by atoms with E-state index in [0.29, 0.717) is 5.56 Å². The van der Waals surface area contributed by atoms with Gasteiger partial charge in [-0.05, 0) is 48.7 Å². The maximum absolute atomic E-state index is 13.2. The highest BCUT2D eigenvalue weighted by molar-refractivity contribution is 5.83. The van der Waals surface area contributed by atoms with Crippen molar-refractivity contribution < 1.29 is 14.3 Å². The first kappa shape index (κ1) is 18.2. The number of amides is 1. The van der Waals surface area contributed by atoms with Crippen LogP contribution in [0.25, 0.3) is 0 Å². The smallest absolute Gasteiger partial charge is 0.227 e. The monoisotopic (exact) mass is 374 g/mol. The summed E-state index contributed by atoms with van der Waals surface area (Å²) < 4.78 is 13.2. The third kappa shape index (κ3) is 3.38. The van der Waals surface area contributed by atoms with Gasteiger partial charge in [0.1, 0.15) is 11.9 Å². The normalized spacial score (nSPS) is 23.2. The van der Waals surface area contributed by atoms with Gasteiger partial charge in [-0.25, -0.2) is 4.39 Å². The van der Waals surface area contributed by atoms with Crippen molar-refractivity contribution in [3.05, 3.63) is 71.0 Å². The maximum atomic E-state index is 13.2. The molecular weight excluding hydrogens is 355 g/mol. The molecule has 2 aromatic carbocycles. The average Bonchev–Trinajstić information content (AvgIpc) is 3.52. The molecule has 0 radical (unpaired) electrons. The number of carbonyl (C=O) groups excluding carboxylic acids is 1. The Morgan fingerprint density at radius 3 is 2.46 bits per heavy atom. The summed E-state index contributed by atoms with van der Waals surface area (Å²) in [6.07, 6.45) is 1.74. The van der Waals surface area contributed by atoms with Crippen LogP contribution in [0.1, 0.15) is 35.4 Å². The summed E-state index contributed by atoms with van der Waals surface area (Å²) in [5.74, 6) is 5.40. The van der Waals surface area contributed by atoms with Crippen LogP contribution in [0.4, 0.5) is 4.39 Å². The lowest BCUT2D eigenvalue weighted by Crippen LogP contribution is -2.65. The molecule has 2 fully saturated rings. The fourth-order valence-corrected chi connectivity index (χ4v) is 3.75. The van der Waals surface area contributed by atoms with Crippen LogP contribution in [0.15, 0.2) is 48.5 Å². The highest BCUT2D eigenvalue weighted by Gasteiger charge is 2.53. The zero-order chi connectivity index (χ0) is 19.7. The van der Waals surface area contributed by atoms with E-state index in [1.54, 1.807) is 17.0 Å². The minimum atomic E-state index is -0.547. The molecule has 1 N–H and O–H groups in total. The quantitative estimate of drug-likeness (QED) is 0.841. The Morgan fingerprint density at radius 2 is 1.86 bits per heavy atom. The van der Waals surface area contributed by atoms with Crippen molar-refractivity contribution in [1.29, 1.82) is 5.26 Å². The molecule has 4 rings (SSSR count). The minimum Gasteiger partial charge on any atom is -0.394 e. The molecule has 5 heteroatoms. The zero-order valence-corrected chi connectivity index (χ0v) is 15.2. The van der Waals surface area contributed by atoms with Gasteiger partial charge in [0.25, 0.3) is 0 Å². The predicted octanol–water partition coefficient (Wildman–Crippen LogP) is 2.81. The second-order valence-corrected chi connectivity index (χ2v) is 7.25. The molecule has 1 aliphatic carbocycles. The van der Waals surface area contributed by atoms with Crippen molar-refractivity contribution in [1.82, 2.24) is 4.90 Å². The van der Waals surface area contributed by atoms with E-state index in [1.165, 1.54) is 12.1 Å². The van der Waals surface area contributed by atoms with Gasteiger partial charge >= 0.3 is 0 Å². The van der Waals surface area contributed by atoms with E-state index in [1.807, 2.05) is 24.3 Å². The van der Waals surface area contributed by atoms with Crippen molar-refractivity contribution in [2.75, 3.05) is 6.61 Å². The van der Waals surface area contributed by atoms with Crippen LogP contribution in [-0.2, 0) is 4.79 Å². The fourth-order valence-electron chi connectivity index (χ4n) is 3.75. The van der Waals surface area contributed by atoms with Crippen molar-refractivity contribution in [2.24, 2.45) is 5.92 Å². The maximum Gasteiger partial charge on any atom is 0.227 e. The molecule has 1 saturated carbocycles. The van der Waals surface area contributed by atoms with Crippen LogP contribution in [0.5, 0.6) is 0 Å². The third-order valence-corrected chi connectivity index (χ3v) is 5.38. The molecule has 0 bridgehead atoms. The van der Waals surface area contributed by atoms with Crippen LogP contribution >= 0.6 is 0 Å². The fraction of sp³-hybridized carbons (Fsp3) is 0.304. The molecule has 4 nitrogen and oxygen atoms in total. The number of hydrogen-bond acceptors (Lipinski definition) is 3. The summed E-state index contributed by atoms with van der Waals surface area (Å²) in [6, 6.07) is 14.9. The Balaban J connectivity index is 1.52. The Hall–Kier alpha value is -3.15. The molecule has 2 aromatic rings. The van der Waals surface area contributed by atoms with Crippen LogP contribution in [0, 0.1) is 34.9 Å². The lowest BCUT2D eigenvalue weighted by atomic mass is 9.75. The molecule has 1 heterocycles. The van der Waals surface area contributed by atoms with Gasteiger partial charge in [-0.2, -0.15) is 5.26 Å². The first-order valence-corrected chi connectivity index (χ1v) is 9.32. The summed E-state index contributed by atoms with van der Waals surface area (Å²) in [4.78, 5) is 14.0. The minimum absolute atomic E-state index is 0.0144. The van der Waals surface area contributed by atoms with Gasteiger partial charge in [-0.1, -0.05) is 30.0 Å². The molecule has 0 unspecified atom stereocenters. The number of aliphatic hydroxyl groups is 1. The highest BCUT2D eigenvalue weighted by atomic mass is 19.1. The predicted molar refractivity (Wildman–Crippen MR) is 101 cm³/mol. The lowest BCUT2D eigenvalue weighted by Gasteiger charge is -2.51. The van der Waals surface area contributed by atoms with E-state index in [9.17, 15) is 19.6 Å². The van der Waals surface area contributed by atoms with E-state index in [0.717, 1.165) is 24.0 Å². The first-order valence-electron chi connectivity index (χ1n) is 9.32. The second-order valence-electron chi connectivity index (χ2n) is 7.25. The molecule has 28 heavy (non-hydrogen) atoms. The number of rotatable bonds is 3. The highest BCUT2D eigenvalue weighted by Crippen LogP contribution is 2.44. The Labute approximate surface area is 163 Å². The molecule has 140 valence electrons. The van der Waals surface area contributed by atoms with Gasteiger partial charge in [0.05, 0.1) is 18.7 Å². The van der Waals surface area contributed by atoms with Gasteiger partial charge in [0.15, 0.2) is 0 Å². The van der Waals surface area contributed by atoms with Crippen molar-refractivity contribution in [3.8, 4) is 17.9 Å². The summed E-state index contributed by atoms with van der Waals surface area (Å²) in [5.41, 5.74) is 2.27. The van der Waals surface area contributed by atoms with Crippen LogP contribution < -0.4 is 0 Å². The van der Waals surface area contributed by atoms with Gasteiger partial charge in [-0.15, -0.1) is 0 Å². The van der Waals surface area contributed by atoms with Crippen molar-refractivity contribution >= 4 is 5.91 Å². The van der Waals surface area contributed by atoms with Gasteiger partial charge in [-0.3, -0.25) is 4.79 Å². The van der Waals surface area contributed by atoms with Crippen molar-refractivity contribution in [3.63, 3.8) is 0 Å². The number of nitriles is 1. The number of halogens is 1. The second kappa shape index (κ2) is 7.46. The van der Waals surface area contributed by atoms with Crippen molar-refractivity contribution in [2.45, 2.75) is 30.8 Å². The largest absolute Gasteiger partial charge is 0.394 e. The van der Waals surface area contributed by atoms with Gasteiger partial charge in [0.2, 0.25) is 5.91 Å². The SMILES string of the molecule is N#C[C@H]1[C@@H](c2ccc(C#Cc3cccc(F)c3)cc2)[C@H](CO)N1C(=O)C1CC1. The number of likely N-dealkylation sites (tertiary alicyclic amines) is 1. The van der Waals surface area contributed by atoms with E-state index in [4.69, 9.17) is 0 Å². The molecule has 1 amide bonds. The summed E-state index contributed by atoms with van der Waals surface area (Å²) in [5, 5.41) is 19.3. The average molecular weight is 374 g/mol. The summed E-state index contributed by atoms with van der Waals surface area (Å²) in [7, 11) is 0. The number of hydrogen-bond donors (Lipinski definition) is 1. The Morgan fingerprint density at radius 1 is 1.14 bits per heavy atom. The zero-order valence-electron chi connectivity index (χ0n) is 15.2. The Bertz CT molecular complexity index is 996.